The van der Waals surface area contributed by atoms with E-state index >= 15 is 0 Å². The van der Waals surface area contributed by atoms with Crippen LogP contribution >= 0.6 is 22.6 Å². The number of rotatable bonds is 3. The SMILES string of the molecule is Ic1c(C#Cc2ccccc2)cccc1OCc1ccccc1. The molecule has 3 rings (SSSR count). The zero-order valence-corrected chi connectivity index (χ0v) is 14.7. The number of hydrogen-bond acceptors (Lipinski definition) is 1. The van der Waals surface area contributed by atoms with Crippen LogP contribution in [0.2, 0.25) is 0 Å². The van der Waals surface area contributed by atoms with Gasteiger partial charge in [0.05, 0.1) is 3.57 Å². The van der Waals surface area contributed by atoms with E-state index in [1.165, 1.54) is 0 Å². The van der Waals surface area contributed by atoms with Gasteiger partial charge in [0.2, 0.25) is 0 Å². The highest BCUT2D eigenvalue weighted by atomic mass is 127. The molecule has 2 heteroatoms. The lowest BCUT2D eigenvalue weighted by Gasteiger charge is -2.09. The van der Waals surface area contributed by atoms with Gasteiger partial charge in [-0.15, -0.1) is 0 Å². The fourth-order valence-electron chi connectivity index (χ4n) is 2.12. The third-order valence-electron chi connectivity index (χ3n) is 3.32. The van der Waals surface area contributed by atoms with E-state index in [2.05, 4.69) is 46.6 Å². The minimum Gasteiger partial charge on any atom is -0.488 e. The van der Waals surface area contributed by atoms with Crippen molar-refractivity contribution in [3.63, 3.8) is 0 Å². The number of ether oxygens (including phenoxy) is 1. The van der Waals surface area contributed by atoms with Crippen molar-refractivity contribution in [2.75, 3.05) is 0 Å². The minimum absolute atomic E-state index is 0.562. The third-order valence-corrected chi connectivity index (χ3v) is 4.43. The topological polar surface area (TPSA) is 9.23 Å². The molecule has 0 saturated heterocycles. The van der Waals surface area contributed by atoms with Crippen molar-refractivity contribution in [3.05, 3.63) is 99.1 Å². The van der Waals surface area contributed by atoms with Gasteiger partial charge in [-0.3, -0.25) is 0 Å². The van der Waals surface area contributed by atoms with Crippen molar-refractivity contribution in [2.24, 2.45) is 0 Å². The average Bonchev–Trinajstić information content (AvgIpc) is 2.61. The molecule has 23 heavy (non-hydrogen) atoms. The van der Waals surface area contributed by atoms with Crippen LogP contribution in [0.3, 0.4) is 0 Å². The first-order valence-electron chi connectivity index (χ1n) is 7.35. The first kappa shape index (κ1) is 15.6. The molecule has 0 N–H and O–H groups in total. The lowest BCUT2D eigenvalue weighted by molar-refractivity contribution is 0.304. The summed E-state index contributed by atoms with van der Waals surface area (Å²) >= 11 is 2.30. The van der Waals surface area contributed by atoms with Gasteiger partial charge in [0.1, 0.15) is 12.4 Å². The summed E-state index contributed by atoms with van der Waals surface area (Å²) in [5.41, 5.74) is 3.16. The monoisotopic (exact) mass is 410 g/mol. The molecule has 0 aliphatic carbocycles. The normalized spacial score (nSPS) is 9.78. The second-order valence-electron chi connectivity index (χ2n) is 5.01. The van der Waals surface area contributed by atoms with Crippen molar-refractivity contribution in [1.29, 1.82) is 0 Å². The molecular formula is C21H15IO. The Morgan fingerprint density at radius 2 is 1.43 bits per heavy atom. The number of halogens is 1. The van der Waals surface area contributed by atoms with Gasteiger partial charge in [-0.25, -0.2) is 0 Å². The van der Waals surface area contributed by atoms with Gasteiger partial charge in [0.25, 0.3) is 0 Å². The van der Waals surface area contributed by atoms with Crippen molar-refractivity contribution >= 4 is 22.6 Å². The highest BCUT2D eigenvalue weighted by Gasteiger charge is 2.05. The molecule has 0 saturated carbocycles. The summed E-state index contributed by atoms with van der Waals surface area (Å²) in [5.74, 6) is 7.29. The van der Waals surface area contributed by atoms with Crippen molar-refractivity contribution in [1.82, 2.24) is 0 Å². The van der Waals surface area contributed by atoms with Crippen LogP contribution in [-0.2, 0) is 6.61 Å². The summed E-state index contributed by atoms with van der Waals surface area (Å²) in [4.78, 5) is 0. The Labute approximate surface area is 150 Å². The predicted octanol–water partition coefficient (Wildman–Crippen LogP) is 5.27. The fraction of sp³-hybridized carbons (Fsp3) is 0.0476. The van der Waals surface area contributed by atoms with E-state index in [0.29, 0.717) is 6.61 Å². The van der Waals surface area contributed by atoms with Gasteiger partial charge in [-0.2, -0.15) is 0 Å². The van der Waals surface area contributed by atoms with Gasteiger partial charge < -0.3 is 4.74 Å². The van der Waals surface area contributed by atoms with Gasteiger partial charge in [-0.1, -0.05) is 66.4 Å². The molecule has 0 fully saturated rings. The largest absolute Gasteiger partial charge is 0.488 e. The zero-order valence-electron chi connectivity index (χ0n) is 12.5. The average molecular weight is 410 g/mol. The Kier molecular flexibility index (Phi) is 5.33. The van der Waals surface area contributed by atoms with E-state index in [1.54, 1.807) is 0 Å². The zero-order chi connectivity index (χ0) is 15.9. The van der Waals surface area contributed by atoms with Crippen LogP contribution < -0.4 is 4.74 Å². The van der Waals surface area contributed by atoms with Crippen molar-refractivity contribution < 1.29 is 4.74 Å². The van der Waals surface area contributed by atoms with Crippen LogP contribution in [0, 0.1) is 15.4 Å². The van der Waals surface area contributed by atoms with E-state index in [9.17, 15) is 0 Å². The molecule has 0 radical (unpaired) electrons. The van der Waals surface area contributed by atoms with Crippen LogP contribution in [0.1, 0.15) is 16.7 Å². The first-order chi connectivity index (χ1) is 11.3. The second kappa shape index (κ2) is 7.85. The van der Waals surface area contributed by atoms with E-state index < -0.39 is 0 Å². The van der Waals surface area contributed by atoms with E-state index in [0.717, 1.165) is 26.0 Å². The third kappa shape index (κ3) is 4.37. The maximum atomic E-state index is 5.94. The molecular weight excluding hydrogens is 395 g/mol. The minimum atomic E-state index is 0.562. The fourth-order valence-corrected chi connectivity index (χ4v) is 2.77. The molecule has 0 bridgehead atoms. The Bertz CT molecular complexity index is 830. The first-order valence-corrected chi connectivity index (χ1v) is 8.43. The number of benzene rings is 3. The highest BCUT2D eigenvalue weighted by molar-refractivity contribution is 14.1. The summed E-state index contributed by atoms with van der Waals surface area (Å²) in [6.07, 6.45) is 0. The molecule has 0 amide bonds. The summed E-state index contributed by atoms with van der Waals surface area (Å²) in [6, 6.07) is 26.2. The van der Waals surface area contributed by atoms with Crippen LogP contribution in [0.15, 0.2) is 78.9 Å². The van der Waals surface area contributed by atoms with Crippen molar-refractivity contribution in [3.8, 4) is 17.6 Å². The maximum absolute atomic E-state index is 5.94. The standard InChI is InChI=1S/C21H15IO/c22-21-19(15-14-17-8-3-1-4-9-17)12-7-13-20(21)23-16-18-10-5-2-6-11-18/h1-13H,16H2. The Balaban J connectivity index is 1.77. The molecule has 0 aromatic heterocycles. The Morgan fingerprint density at radius 3 is 2.17 bits per heavy atom. The molecule has 3 aromatic carbocycles. The second-order valence-corrected chi connectivity index (χ2v) is 6.09. The van der Waals surface area contributed by atoms with E-state index in [1.807, 2.05) is 66.7 Å². The molecule has 0 unspecified atom stereocenters. The van der Waals surface area contributed by atoms with Crippen LogP contribution in [0.5, 0.6) is 5.75 Å². The van der Waals surface area contributed by atoms with Crippen molar-refractivity contribution in [2.45, 2.75) is 6.61 Å². The quantitative estimate of drug-likeness (QED) is 0.422. The molecule has 1 nitrogen and oxygen atoms in total. The highest BCUT2D eigenvalue weighted by Crippen LogP contribution is 2.25. The van der Waals surface area contributed by atoms with Crippen LogP contribution in [0.4, 0.5) is 0 Å². The lowest BCUT2D eigenvalue weighted by atomic mass is 10.2. The Hall–Kier alpha value is -2.25. The summed E-state index contributed by atoms with van der Waals surface area (Å²) in [5, 5.41) is 0. The molecule has 0 atom stereocenters. The van der Waals surface area contributed by atoms with E-state index in [4.69, 9.17) is 4.74 Å². The molecule has 0 aliphatic rings. The molecule has 0 heterocycles. The Morgan fingerprint density at radius 1 is 0.739 bits per heavy atom. The summed E-state index contributed by atoms with van der Waals surface area (Å²) in [6.45, 7) is 0.562. The predicted molar refractivity (Wildman–Crippen MR) is 102 cm³/mol. The molecule has 3 aromatic rings. The summed E-state index contributed by atoms with van der Waals surface area (Å²) in [7, 11) is 0. The van der Waals surface area contributed by atoms with Gasteiger partial charge >= 0.3 is 0 Å². The molecule has 0 spiro atoms. The van der Waals surface area contributed by atoms with Gasteiger partial charge in [0, 0.05) is 11.1 Å². The lowest BCUT2D eigenvalue weighted by Crippen LogP contribution is -1.97. The number of hydrogen-bond donors (Lipinski definition) is 0. The van der Waals surface area contributed by atoms with Crippen LogP contribution in [0.25, 0.3) is 0 Å². The molecule has 112 valence electrons. The summed E-state index contributed by atoms with van der Waals surface area (Å²) < 4.78 is 6.99. The molecule has 0 aliphatic heterocycles. The van der Waals surface area contributed by atoms with Gasteiger partial charge in [-0.05, 0) is 52.4 Å². The van der Waals surface area contributed by atoms with E-state index in [-0.39, 0.29) is 0 Å². The maximum Gasteiger partial charge on any atom is 0.134 e. The smallest absolute Gasteiger partial charge is 0.134 e. The van der Waals surface area contributed by atoms with Gasteiger partial charge in [0.15, 0.2) is 0 Å². The van der Waals surface area contributed by atoms with Crippen LogP contribution in [-0.4, -0.2) is 0 Å².